The highest BCUT2D eigenvalue weighted by Gasteiger charge is 2.40. The summed E-state index contributed by atoms with van der Waals surface area (Å²) < 4.78 is 26.0. The predicted molar refractivity (Wildman–Crippen MR) is 151 cm³/mol. The second kappa shape index (κ2) is 14.6. The van der Waals surface area contributed by atoms with Crippen LogP contribution in [-0.2, 0) is 22.6 Å². The van der Waals surface area contributed by atoms with E-state index in [2.05, 4.69) is 5.32 Å². The van der Waals surface area contributed by atoms with E-state index >= 15 is 0 Å². The van der Waals surface area contributed by atoms with Crippen LogP contribution >= 0.6 is 22.6 Å². The Morgan fingerprint density at radius 3 is 2.62 bits per heavy atom. The van der Waals surface area contributed by atoms with Gasteiger partial charge in [0.1, 0.15) is 18.0 Å². The van der Waals surface area contributed by atoms with Gasteiger partial charge in [0.15, 0.2) is 11.5 Å². The van der Waals surface area contributed by atoms with Gasteiger partial charge in [-0.2, -0.15) is 0 Å². The molecule has 0 fully saturated rings. The number of halogens is 2. The maximum Gasteiger partial charge on any atom is 0.247 e. The van der Waals surface area contributed by atoms with E-state index in [1.165, 1.54) is 30.2 Å². The van der Waals surface area contributed by atoms with Crippen molar-refractivity contribution >= 4 is 34.4 Å². The number of aliphatic hydroxyl groups is 3. The third-order valence-electron chi connectivity index (χ3n) is 6.49. The first-order chi connectivity index (χ1) is 18.7. The van der Waals surface area contributed by atoms with Crippen molar-refractivity contribution in [2.24, 2.45) is 0 Å². The van der Waals surface area contributed by atoms with E-state index in [9.17, 15) is 24.2 Å². The standard InChI is InChI=1S/C28H34FIN2O7/c1-3-25(35)32(9-7-17-5-4-6-20(29)11-17)22-14-19(28(37)31-8-10-33)15-23(26(22)36)39-27-21(30)12-18(16-34)13-24(27)38-2/h4-6,11-13,15,22-23,26,33-34,36H,3,7-10,14,16H2,1-2H3,(H,31,37). The van der Waals surface area contributed by atoms with Gasteiger partial charge in [0.25, 0.3) is 0 Å². The maximum absolute atomic E-state index is 13.7. The fourth-order valence-electron chi connectivity index (χ4n) is 4.52. The van der Waals surface area contributed by atoms with Gasteiger partial charge in [0.2, 0.25) is 11.8 Å². The Bertz CT molecular complexity index is 1190. The number of amides is 2. The lowest BCUT2D eigenvalue weighted by molar-refractivity contribution is -0.138. The molecule has 212 valence electrons. The van der Waals surface area contributed by atoms with Crippen LogP contribution in [0.4, 0.5) is 4.39 Å². The minimum Gasteiger partial charge on any atom is -0.493 e. The largest absolute Gasteiger partial charge is 0.493 e. The van der Waals surface area contributed by atoms with Gasteiger partial charge in [-0.1, -0.05) is 19.1 Å². The minimum atomic E-state index is -1.21. The first-order valence-corrected chi connectivity index (χ1v) is 13.8. The van der Waals surface area contributed by atoms with Gasteiger partial charge in [-0.3, -0.25) is 9.59 Å². The third kappa shape index (κ3) is 7.90. The summed E-state index contributed by atoms with van der Waals surface area (Å²) >= 11 is 2.04. The Balaban J connectivity index is 1.97. The lowest BCUT2D eigenvalue weighted by atomic mass is 9.87. The molecule has 9 nitrogen and oxygen atoms in total. The third-order valence-corrected chi connectivity index (χ3v) is 7.29. The summed E-state index contributed by atoms with van der Waals surface area (Å²) in [6.45, 7) is 1.50. The van der Waals surface area contributed by atoms with Gasteiger partial charge in [0, 0.05) is 31.5 Å². The van der Waals surface area contributed by atoms with Crippen LogP contribution in [0.1, 0.15) is 30.9 Å². The number of nitrogens with zero attached hydrogens (tertiary/aromatic N) is 1. The average molecular weight is 656 g/mol. The van der Waals surface area contributed by atoms with Crippen LogP contribution < -0.4 is 14.8 Å². The molecule has 2 aromatic rings. The van der Waals surface area contributed by atoms with E-state index < -0.39 is 24.2 Å². The zero-order valence-corrected chi connectivity index (χ0v) is 24.1. The number of carbonyl (C=O) groups excluding carboxylic acids is 2. The number of ether oxygens (including phenoxy) is 2. The summed E-state index contributed by atoms with van der Waals surface area (Å²) in [5, 5.41) is 32.8. The molecule has 0 aromatic heterocycles. The number of hydrogen-bond donors (Lipinski definition) is 4. The highest BCUT2D eigenvalue weighted by Crippen LogP contribution is 2.37. The quantitative estimate of drug-likeness (QED) is 0.259. The number of benzene rings is 2. The lowest BCUT2D eigenvalue weighted by Gasteiger charge is -2.40. The Kier molecular flexibility index (Phi) is 11.5. The molecule has 11 heteroatoms. The predicted octanol–water partition coefficient (Wildman–Crippen LogP) is 2.33. The zero-order valence-electron chi connectivity index (χ0n) is 21.9. The zero-order chi connectivity index (χ0) is 28.5. The normalized spacial score (nSPS) is 18.7. The highest BCUT2D eigenvalue weighted by molar-refractivity contribution is 14.1. The fourth-order valence-corrected chi connectivity index (χ4v) is 5.31. The Morgan fingerprint density at radius 2 is 1.97 bits per heavy atom. The number of aliphatic hydroxyl groups excluding tert-OH is 3. The molecule has 1 aliphatic rings. The van der Waals surface area contributed by atoms with Gasteiger partial charge < -0.3 is 35.0 Å². The highest BCUT2D eigenvalue weighted by atomic mass is 127. The van der Waals surface area contributed by atoms with Crippen molar-refractivity contribution in [1.29, 1.82) is 0 Å². The topological polar surface area (TPSA) is 129 Å². The number of methoxy groups -OCH3 is 1. The van der Waals surface area contributed by atoms with Gasteiger partial charge in [-0.15, -0.1) is 0 Å². The van der Waals surface area contributed by atoms with E-state index in [0.29, 0.717) is 38.2 Å². The molecule has 3 rings (SSSR count). The second-order valence-corrected chi connectivity index (χ2v) is 10.3. The van der Waals surface area contributed by atoms with E-state index in [1.54, 1.807) is 31.2 Å². The molecule has 0 heterocycles. The van der Waals surface area contributed by atoms with Gasteiger partial charge >= 0.3 is 0 Å². The SMILES string of the molecule is CCC(=O)N(CCc1cccc(F)c1)C1CC(C(=O)NCCO)=CC(Oc2c(I)cc(CO)cc2OC)C1O. The van der Waals surface area contributed by atoms with Crippen LogP contribution in [-0.4, -0.2) is 77.1 Å². The smallest absolute Gasteiger partial charge is 0.247 e. The molecule has 2 aromatic carbocycles. The van der Waals surface area contributed by atoms with Crippen molar-refractivity contribution in [2.45, 2.75) is 51.0 Å². The van der Waals surface area contributed by atoms with Crippen molar-refractivity contribution < 1.29 is 38.8 Å². The fraction of sp³-hybridized carbons (Fsp3) is 0.429. The van der Waals surface area contributed by atoms with Gasteiger partial charge in [-0.05, 0) is 70.5 Å². The molecule has 0 bridgehead atoms. The van der Waals surface area contributed by atoms with Crippen molar-refractivity contribution in [3.63, 3.8) is 0 Å². The molecular formula is C28H34FIN2O7. The van der Waals surface area contributed by atoms with Crippen LogP contribution in [0.15, 0.2) is 48.0 Å². The summed E-state index contributed by atoms with van der Waals surface area (Å²) in [4.78, 5) is 27.5. The summed E-state index contributed by atoms with van der Waals surface area (Å²) in [5.41, 5.74) is 1.61. The van der Waals surface area contributed by atoms with E-state index in [0.717, 1.165) is 0 Å². The van der Waals surface area contributed by atoms with E-state index in [4.69, 9.17) is 14.6 Å². The van der Waals surface area contributed by atoms with Crippen LogP contribution in [0.3, 0.4) is 0 Å². The number of hydrogen-bond acceptors (Lipinski definition) is 7. The van der Waals surface area contributed by atoms with Gasteiger partial charge in [-0.25, -0.2) is 4.39 Å². The molecule has 39 heavy (non-hydrogen) atoms. The molecule has 0 aliphatic heterocycles. The van der Waals surface area contributed by atoms with Crippen LogP contribution in [0, 0.1) is 9.39 Å². The summed E-state index contributed by atoms with van der Waals surface area (Å²) in [6.07, 6.45) is -0.137. The maximum atomic E-state index is 13.7. The van der Waals surface area contributed by atoms with Crippen molar-refractivity contribution in [3.05, 3.63) is 68.6 Å². The van der Waals surface area contributed by atoms with Crippen LogP contribution in [0.5, 0.6) is 11.5 Å². The molecule has 1 aliphatic carbocycles. The molecule has 0 spiro atoms. The first kappa shape index (κ1) is 30.8. The number of carbonyl (C=O) groups is 2. The van der Waals surface area contributed by atoms with Crippen molar-refractivity contribution in [3.8, 4) is 11.5 Å². The Labute approximate surface area is 240 Å². The number of nitrogens with one attached hydrogen (secondary N) is 1. The minimum absolute atomic E-state index is 0.0421. The van der Waals surface area contributed by atoms with Crippen molar-refractivity contribution in [1.82, 2.24) is 10.2 Å². The molecule has 0 saturated carbocycles. The molecule has 3 unspecified atom stereocenters. The molecular weight excluding hydrogens is 622 g/mol. The van der Waals surface area contributed by atoms with E-state index in [-0.39, 0.29) is 50.9 Å². The summed E-state index contributed by atoms with van der Waals surface area (Å²) in [5.74, 6) is -0.396. The monoisotopic (exact) mass is 656 g/mol. The van der Waals surface area contributed by atoms with Gasteiger partial charge in [0.05, 0.1) is 29.9 Å². The average Bonchev–Trinajstić information content (AvgIpc) is 2.93. The summed E-state index contributed by atoms with van der Waals surface area (Å²) in [7, 11) is 1.46. The number of rotatable bonds is 12. The lowest BCUT2D eigenvalue weighted by Crippen LogP contribution is -2.55. The van der Waals surface area contributed by atoms with Crippen LogP contribution in [0.25, 0.3) is 0 Å². The summed E-state index contributed by atoms with van der Waals surface area (Å²) in [6, 6.07) is 8.63. The Hall–Kier alpha value is -2.74. The second-order valence-electron chi connectivity index (χ2n) is 9.10. The Morgan fingerprint density at radius 1 is 1.21 bits per heavy atom. The molecule has 0 radical (unpaired) electrons. The van der Waals surface area contributed by atoms with E-state index in [1.807, 2.05) is 22.6 Å². The first-order valence-electron chi connectivity index (χ1n) is 12.7. The van der Waals surface area contributed by atoms with Crippen molar-refractivity contribution in [2.75, 3.05) is 26.8 Å². The molecule has 0 saturated heterocycles. The molecule has 3 atom stereocenters. The molecule has 4 N–H and O–H groups in total. The van der Waals surface area contributed by atoms with Crippen LogP contribution in [0.2, 0.25) is 0 Å². The molecule has 2 amide bonds.